The number of carbonyl (C=O) groups excluding carboxylic acids is 1. The van der Waals surface area contributed by atoms with Gasteiger partial charge in [-0.1, -0.05) is 13.8 Å². The van der Waals surface area contributed by atoms with Crippen LogP contribution in [-0.4, -0.2) is 52.7 Å². The highest BCUT2D eigenvalue weighted by molar-refractivity contribution is 5.69. The Balaban J connectivity index is 2.70. The highest BCUT2D eigenvalue weighted by atomic mass is 16.6. The first kappa shape index (κ1) is 18.3. The Bertz CT molecular complexity index is 334. The van der Waals surface area contributed by atoms with Crippen LogP contribution in [-0.2, 0) is 4.74 Å². The fourth-order valence-corrected chi connectivity index (χ4v) is 3.34. The van der Waals surface area contributed by atoms with E-state index in [0.717, 1.165) is 32.4 Å². The van der Waals surface area contributed by atoms with Crippen molar-refractivity contribution in [3.05, 3.63) is 0 Å². The summed E-state index contributed by atoms with van der Waals surface area (Å²) in [5.41, 5.74) is -0.422. The molecule has 0 N–H and O–H groups in total. The second-order valence-electron chi connectivity index (χ2n) is 7.27. The van der Waals surface area contributed by atoms with Gasteiger partial charge in [-0.05, 0) is 67.0 Å². The first-order chi connectivity index (χ1) is 9.69. The first-order valence-corrected chi connectivity index (χ1v) is 8.44. The molecule has 0 bridgehead atoms. The molecule has 1 amide bonds. The van der Waals surface area contributed by atoms with Crippen LogP contribution in [0.4, 0.5) is 4.79 Å². The van der Waals surface area contributed by atoms with Gasteiger partial charge >= 0.3 is 6.09 Å². The zero-order valence-corrected chi connectivity index (χ0v) is 15.0. The minimum Gasteiger partial charge on any atom is -0.444 e. The Morgan fingerprint density at radius 2 is 1.86 bits per heavy atom. The van der Waals surface area contributed by atoms with Crippen molar-refractivity contribution in [2.24, 2.45) is 0 Å². The number of likely N-dealkylation sites (tertiary alicyclic amines) is 1. The molecule has 1 saturated heterocycles. The van der Waals surface area contributed by atoms with Gasteiger partial charge in [0.1, 0.15) is 5.60 Å². The van der Waals surface area contributed by atoms with Crippen molar-refractivity contribution < 1.29 is 9.53 Å². The average molecular weight is 298 g/mol. The van der Waals surface area contributed by atoms with Crippen LogP contribution in [0.3, 0.4) is 0 Å². The number of ether oxygens (including phenoxy) is 1. The molecule has 1 aliphatic heterocycles. The van der Waals surface area contributed by atoms with Gasteiger partial charge in [0.05, 0.1) is 0 Å². The van der Waals surface area contributed by atoms with E-state index >= 15 is 0 Å². The molecular weight excluding hydrogens is 264 g/mol. The summed E-state index contributed by atoms with van der Waals surface area (Å²) in [6, 6.07) is 1.10. The van der Waals surface area contributed by atoms with Gasteiger partial charge in [0, 0.05) is 18.1 Å². The van der Waals surface area contributed by atoms with Crippen LogP contribution in [0.1, 0.15) is 67.7 Å². The monoisotopic (exact) mass is 298 g/mol. The van der Waals surface area contributed by atoms with Gasteiger partial charge in [0.2, 0.25) is 0 Å². The maximum absolute atomic E-state index is 12.5. The number of nitrogens with zero attached hydrogens (tertiary/aromatic N) is 2. The van der Waals surface area contributed by atoms with Crippen LogP contribution in [0.2, 0.25) is 0 Å². The Morgan fingerprint density at radius 1 is 1.29 bits per heavy atom. The predicted molar refractivity (Wildman–Crippen MR) is 87.6 cm³/mol. The fourth-order valence-electron chi connectivity index (χ4n) is 3.34. The zero-order chi connectivity index (χ0) is 16.2. The van der Waals surface area contributed by atoms with Crippen LogP contribution in [0.25, 0.3) is 0 Å². The van der Waals surface area contributed by atoms with E-state index in [1.807, 2.05) is 25.7 Å². The molecule has 3 atom stereocenters. The lowest BCUT2D eigenvalue weighted by atomic mass is 10.0. The molecule has 4 heteroatoms. The minimum atomic E-state index is -0.422. The number of hydrogen-bond acceptors (Lipinski definition) is 3. The van der Waals surface area contributed by atoms with Crippen molar-refractivity contribution in [2.75, 3.05) is 13.1 Å². The Labute approximate surface area is 130 Å². The molecule has 0 aromatic rings. The highest BCUT2D eigenvalue weighted by Gasteiger charge is 2.37. The van der Waals surface area contributed by atoms with Crippen LogP contribution in [0.15, 0.2) is 0 Å². The van der Waals surface area contributed by atoms with Crippen molar-refractivity contribution in [3.8, 4) is 0 Å². The third-order valence-corrected chi connectivity index (χ3v) is 4.44. The molecule has 0 spiro atoms. The molecular formula is C17H34N2O2. The Kier molecular flexibility index (Phi) is 6.51. The van der Waals surface area contributed by atoms with E-state index in [9.17, 15) is 4.79 Å². The normalized spacial score (nSPS) is 24.5. The molecule has 1 rings (SSSR count). The second-order valence-corrected chi connectivity index (χ2v) is 7.27. The lowest BCUT2D eigenvalue weighted by molar-refractivity contribution is 0.0131. The molecule has 1 fully saturated rings. The van der Waals surface area contributed by atoms with E-state index in [0.29, 0.717) is 12.1 Å². The van der Waals surface area contributed by atoms with Gasteiger partial charge < -0.3 is 14.5 Å². The van der Waals surface area contributed by atoms with Crippen LogP contribution >= 0.6 is 0 Å². The maximum Gasteiger partial charge on any atom is 0.410 e. The summed E-state index contributed by atoms with van der Waals surface area (Å²) < 4.78 is 5.59. The van der Waals surface area contributed by atoms with E-state index in [1.54, 1.807) is 0 Å². The van der Waals surface area contributed by atoms with Crippen molar-refractivity contribution in [2.45, 2.75) is 91.5 Å². The largest absolute Gasteiger partial charge is 0.444 e. The van der Waals surface area contributed by atoms with E-state index in [-0.39, 0.29) is 12.1 Å². The van der Waals surface area contributed by atoms with Crippen LogP contribution in [0.5, 0.6) is 0 Å². The molecule has 0 aromatic carbocycles. The summed E-state index contributed by atoms with van der Waals surface area (Å²) >= 11 is 0. The molecule has 0 aromatic heterocycles. The first-order valence-electron chi connectivity index (χ1n) is 8.44. The van der Waals surface area contributed by atoms with Gasteiger partial charge in [-0.2, -0.15) is 0 Å². The number of rotatable bonds is 5. The molecule has 124 valence electrons. The van der Waals surface area contributed by atoms with Crippen molar-refractivity contribution in [3.63, 3.8) is 0 Å². The van der Waals surface area contributed by atoms with E-state index in [1.165, 1.54) is 0 Å². The summed E-state index contributed by atoms with van der Waals surface area (Å²) in [5, 5.41) is 0. The molecule has 0 radical (unpaired) electrons. The molecule has 0 aliphatic carbocycles. The second kappa shape index (κ2) is 7.48. The van der Waals surface area contributed by atoms with Crippen molar-refractivity contribution in [1.82, 2.24) is 9.80 Å². The summed E-state index contributed by atoms with van der Waals surface area (Å²) in [6.45, 7) is 16.7. The van der Waals surface area contributed by atoms with Crippen LogP contribution in [0, 0.1) is 0 Å². The summed E-state index contributed by atoms with van der Waals surface area (Å²) in [5.74, 6) is 0. The summed E-state index contributed by atoms with van der Waals surface area (Å²) in [7, 11) is 0. The Hall–Kier alpha value is -0.770. The van der Waals surface area contributed by atoms with E-state index in [2.05, 4.69) is 32.6 Å². The van der Waals surface area contributed by atoms with Gasteiger partial charge in [-0.3, -0.25) is 0 Å². The quantitative estimate of drug-likeness (QED) is 0.772. The van der Waals surface area contributed by atoms with E-state index in [4.69, 9.17) is 4.74 Å². The zero-order valence-electron chi connectivity index (χ0n) is 15.0. The third-order valence-electron chi connectivity index (χ3n) is 4.44. The molecule has 1 heterocycles. The molecule has 4 nitrogen and oxygen atoms in total. The van der Waals surface area contributed by atoms with Crippen LogP contribution < -0.4 is 0 Å². The molecule has 0 saturated carbocycles. The number of hydrogen-bond donors (Lipinski definition) is 0. The Morgan fingerprint density at radius 3 is 2.33 bits per heavy atom. The lowest BCUT2D eigenvalue weighted by Gasteiger charge is -2.35. The SMILES string of the molecule is CCN(CC)C(C)CC1CCC(C)N1C(=O)OC(C)(C)C. The van der Waals surface area contributed by atoms with Gasteiger partial charge in [-0.25, -0.2) is 4.79 Å². The van der Waals surface area contributed by atoms with Gasteiger partial charge in [-0.15, -0.1) is 0 Å². The summed E-state index contributed by atoms with van der Waals surface area (Å²) in [6.07, 6.45) is 3.05. The highest BCUT2D eigenvalue weighted by Crippen LogP contribution is 2.29. The molecule has 1 aliphatic rings. The number of carbonyl (C=O) groups is 1. The molecule has 3 unspecified atom stereocenters. The van der Waals surface area contributed by atoms with Crippen molar-refractivity contribution >= 4 is 6.09 Å². The van der Waals surface area contributed by atoms with Gasteiger partial charge in [0.15, 0.2) is 0 Å². The smallest absolute Gasteiger partial charge is 0.410 e. The van der Waals surface area contributed by atoms with Gasteiger partial charge in [0.25, 0.3) is 0 Å². The third kappa shape index (κ3) is 5.17. The summed E-state index contributed by atoms with van der Waals surface area (Å²) in [4.78, 5) is 16.9. The average Bonchev–Trinajstić information content (AvgIpc) is 2.69. The standard InChI is InChI=1S/C17H34N2O2/c1-8-18(9-2)14(4)12-15-11-10-13(3)19(15)16(20)21-17(5,6)7/h13-15H,8-12H2,1-7H3. The lowest BCUT2D eigenvalue weighted by Crippen LogP contribution is -2.46. The number of amides is 1. The molecule has 21 heavy (non-hydrogen) atoms. The fraction of sp³-hybridized carbons (Fsp3) is 0.941. The maximum atomic E-state index is 12.5. The van der Waals surface area contributed by atoms with E-state index < -0.39 is 5.60 Å². The van der Waals surface area contributed by atoms with Crippen molar-refractivity contribution in [1.29, 1.82) is 0 Å². The topological polar surface area (TPSA) is 32.8 Å². The predicted octanol–water partition coefficient (Wildman–Crippen LogP) is 3.89. The minimum absolute atomic E-state index is 0.149.